The molecule has 2 aromatic heterocycles. The molecule has 2 heterocycles. The summed E-state index contributed by atoms with van der Waals surface area (Å²) >= 11 is 0. The molecular weight excluding hydrogens is 392 g/mol. The second-order valence-corrected chi connectivity index (χ2v) is 7.17. The number of rotatable bonds is 4. The molecule has 0 saturated carbocycles. The summed E-state index contributed by atoms with van der Waals surface area (Å²) in [4.78, 5) is 16.9. The van der Waals surface area contributed by atoms with Crippen LogP contribution in [0.25, 0.3) is 34.0 Å². The molecule has 0 bridgehead atoms. The molecule has 31 heavy (non-hydrogen) atoms. The molecule has 0 aliphatic rings. The number of aromatic nitrogens is 3. The van der Waals surface area contributed by atoms with Gasteiger partial charge in [0.2, 0.25) is 11.8 Å². The van der Waals surface area contributed by atoms with E-state index in [1.165, 1.54) is 0 Å². The van der Waals surface area contributed by atoms with Crippen molar-refractivity contribution in [2.75, 3.05) is 5.32 Å². The number of carbonyl (C=O) groups excluding carboxylic acids is 1. The van der Waals surface area contributed by atoms with E-state index in [2.05, 4.69) is 20.5 Å². The van der Waals surface area contributed by atoms with E-state index in [1.54, 1.807) is 49.4 Å². The molecule has 1 N–H and O–H groups in total. The van der Waals surface area contributed by atoms with Crippen LogP contribution >= 0.6 is 0 Å². The van der Waals surface area contributed by atoms with Crippen molar-refractivity contribution in [2.24, 2.45) is 0 Å². The maximum Gasteiger partial charge on any atom is 0.255 e. The Labute approximate surface area is 177 Å². The van der Waals surface area contributed by atoms with Gasteiger partial charge in [-0.2, -0.15) is 0 Å². The number of nitrogens with zero attached hydrogens (tertiary/aromatic N) is 3. The van der Waals surface area contributed by atoms with Gasteiger partial charge in [-0.1, -0.05) is 18.2 Å². The molecule has 3 aromatic carbocycles. The molecule has 0 aliphatic heterocycles. The van der Waals surface area contributed by atoms with Gasteiger partial charge in [-0.15, -0.1) is 10.2 Å². The lowest BCUT2D eigenvalue weighted by atomic mass is 10.1. The van der Waals surface area contributed by atoms with Crippen molar-refractivity contribution in [1.29, 1.82) is 0 Å². The van der Waals surface area contributed by atoms with E-state index in [1.807, 2.05) is 31.2 Å². The summed E-state index contributed by atoms with van der Waals surface area (Å²) in [6.45, 7) is 3.78. The number of aryl methyl sites for hydroxylation is 2. The number of carbonyl (C=O) groups is 1. The Morgan fingerprint density at radius 1 is 0.871 bits per heavy atom. The fourth-order valence-electron chi connectivity index (χ4n) is 3.35. The van der Waals surface area contributed by atoms with Gasteiger partial charge in [0, 0.05) is 29.3 Å². The molecule has 0 fully saturated rings. The van der Waals surface area contributed by atoms with Crippen LogP contribution in [0.15, 0.2) is 75.6 Å². The van der Waals surface area contributed by atoms with Crippen molar-refractivity contribution in [3.05, 3.63) is 83.7 Å². The summed E-state index contributed by atoms with van der Waals surface area (Å²) in [5, 5.41) is 11.2. The highest BCUT2D eigenvalue weighted by Crippen LogP contribution is 2.26. The lowest BCUT2D eigenvalue weighted by Gasteiger charge is -2.05. The molecule has 0 radical (unpaired) electrons. The number of hydrogen-bond acceptors (Lipinski definition) is 6. The van der Waals surface area contributed by atoms with Crippen LogP contribution in [0.3, 0.4) is 0 Å². The Hall–Kier alpha value is -4.26. The van der Waals surface area contributed by atoms with Crippen molar-refractivity contribution in [3.8, 4) is 22.9 Å². The summed E-state index contributed by atoms with van der Waals surface area (Å²) in [6, 6.07) is 20.2. The minimum Gasteiger partial charge on any atom is -0.441 e. The summed E-state index contributed by atoms with van der Waals surface area (Å²) in [5.74, 6) is 1.23. The summed E-state index contributed by atoms with van der Waals surface area (Å²) in [7, 11) is 0. The maximum atomic E-state index is 12.6. The molecule has 7 nitrogen and oxygen atoms in total. The second kappa shape index (κ2) is 7.53. The molecule has 0 spiro atoms. The molecule has 1 amide bonds. The van der Waals surface area contributed by atoms with Gasteiger partial charge in [0.05, 0.1) is 0 Å². The minimum atomic E-state index is -0.225. The van der Waals surface area contributed by atoms with Gasteiger partial charge in [-0.3, -0.25) is 4.79 Å². The van der Waals surface area contributed by atoms with Crippen LogP contribution in [-0.4, -0.2) is 21.1 Å². The van der Waals surface area contributed by atoms with Crippen molar-refractivity contribution >= 4 is 22.7 Å². The van der Waals surface area contributed by atoms with Crippen LogP contribution in [0, 0.1) is 13.8 Å². The van der Waals surface area contributed by atoms with Crippen molar-refractivity contribution in [2.45, 2.75) is 13.8 Å². The zero-order valence-electron chi connectivity index (χ0n) is 16.9. The third kappa shape index (κ3) is 3.69. The van der Waals surface area contributed by atoms with E-state index in [0.717, 1.165) is 16.7 Å². The minimum absolute atomic E-state index is 0.225. The van der Waals surface area contributed by atoms with Crippen LogP contribution < -0.4 is 5.32 Å². The highest BCUT2D eigenvalue weighted by atomic mass is 16.4. The van der Waals surface area contributed by atoms with Crippen molar-refractivity contribution in [1.82, 2.24) is 15.2 Å². The lowest BCUT2D eigenvalue weighted by Crippen LogP contribution is -2.11. The summed E-state index contributed by atoms with van der Waals surface area (Å²) in [5.41, 5.74) is 5.24. The van der Waals surface area contributed by atoms with Crippen LogP contribution in [-0.2, 0) is 0 Å². The first-order chi connectivity index (χ1) is 15.1. The van der Waals surface area contributed by atoms with Gasteiger partial charge in [0.15, 0.2) is 11.5 Å². The molecule has 5 rings (SSSR count). The number of benzene rings is 3. The monoisotopic (exact) mass is 410 g/mol. The first-order valence-corrected chi connectivity index (χ1v) is 9.75. The van der Waals surface area contributed by atoms with Crippen LogP contribution in [0.5, 0.6) is 0 Å². The highest BCUT2D eigenvalue weighted by molar-refractivity contribution is 6.05. The van der Waals surface area contributed by atoms with Crippen molar-refractivity contribution < 1.29 is 13.6 Å². The number of nitrogens with one attached hydrogen (secondary N) is 1. The zero-order chi connectivity index (χ0) is 21.4. The predicted octanol–water partition coefficient (Wildman–Crippen LogP) is 5.41. The number of fused-ring (bicyclic) bond motifs is 1. The van der Waals surface area contributed by atoms with Crippen LogP contribution in [0.4, 0.5) is 5.69 Å². The highest BCUT2D eigenvalue weighted by Gasteiger charge is 2.13. The Kier molecular flexibility index (Phi) is 4.55. The molecule has 0 atom stereocenters. The topological polar surface area (TPSA) is 94.1 Å². The van der Waals surface area contributed by atoms with Gasteiger partial charge in [-0.05, 0) is 61.0 Å². The maximum absolute atomic E-state index is 12.6. The standard InChI is InChI=1S/C24H18N4O3/c1-14-5-3-4-6-19(14)24-28-27-23(31-24)17-9-7-16(8-10-17)22(29)26-18-11-12-21-20(13-18)25-15(2)30-21/h3-13H,1-2H3,(H,26,29). The van der Waals surface area contributed by atoms with Crippen LogP contribution in [0.1, 0.15) is 21.8 Å². The van der Waals surface area contributed by atoms with Gasteiger partial charge < -0.3 is 14.2 Å². The second-order valence-electron chi connectivity index (χ2n) is 7.17. The molecule has 0 unspecified atom stereocenters. The quantitative estimate of drug-likeness (QED) is 0.425. The molecule has 0 saturated heterocycles. The predicted molar refractivity (Wildman–Crippen MR) is 117 cm³/mol. The van der Waals surface area contributed by atoms with Crippen LogP contribution in [0.2, 0.25) is 0 Å². The first-order valence-electron chi connectivity index (χ1n) is 9.75. The van der Waals surface area contributed by atoms with E-state index in [9.17, 15) is 4.79 Å². The Balaban J connectivity index is 1.33. The van der Waals surface area contributed by atoms with E-state index in [0.29, 0.717) is 40.0 Å². The van der Waals surface area contributed by atoms with E-state index in [-0.39, 0.29) is 5.91 Å². The molecule has 0 aliphatic carbocycles. The van der Waals surface area contributed by atoms with E-state index >= 15 is 0 Å². The lowest BCUT2D eigenvalue weighted by molar-refractivity contribution is 0.102. The average Bonchev–Trinajstić information content (AvgIpc) is 3.40. The van der Waals surface area contributed by atoms with Gasteiger partial charge >= 0.3 is 0 Å². The Morgan fingerprint density at radius 3 is 2.45 bits per heavy atom. The molecular formula is C24H18N4O3. The third-order valence-corrected chi connectivity index (χ3v) is 4.95. The summed E-state index contributed by atoms with van der Waals surface area (Å²) < 4.78 is 11.3. The third-order valence-electron chi connectivity index (χ3n) is 4.95. The Morgan fingerprint density at radius 2 is 1.65 bits per heavy atom. The van der Waals surface area contributed by atoms with Crippen molar-refractivity contribution in [3.63, 3.8) is 0 Å². The Bertz CT molecular complexity index is 1400. The first kappa shape index (κ1) is 18.7. The fraction of sp³-hybridized carbons (Fsp3) is 0.0833. The SMILES string of the molecule is Cc1nc2cc(NC(=O)c3ccc(-c4nnc(-c5ccccc5C)o4)cc3)ccc2o1. The molecule has 5 aromatic rings. The largest absolute Gasteiger partial charge is 0.441 e. The number of anilines is 1. The molecule has 7 heteroatoms. The number of hydrogen-bond donors (Lipinski definition) is 1. The summed E-state index contributed by atoms with van der Waals surface area (Å²) in [6.07, 6.45) is 0. The zero-order valence-corrected chi connectivity index (χ0v) is 16.9. The number of oxazole rings is 1. The molecule has 152 valence electrons. The van der Waals surface area contributed by atoms with E-state index < -0.39 is 0 Å². The smallest absolute Gasteiger partial charge is 0.255 e. The van der Waals surface area contributed by atoms with Gasteiger partial charge in [-0.25, -0.2) is 4.98 Å². The number of amides is 1. The van der Waals surface area contributed by atoms with E-state index in [4.69, 9.17) is 8.83 Å². The van der Waals surface area contributed by atoms with Gasteiger partial charge in [0.25, 0.3) is 5.91 Å². The fourth-order valence-corrected chi connectivity index (χ4v) is 3.35. The normalized spacial score (nSPS) is 11.0. The van der Waals surface area contributed by atoms with Gasteiger partial charge in [0.1, 0.15) is 5.52 Å². The average molecular weight is 410 g/mol.